The highest BCUT2D eigenvalue weighted by molar-refractivity contribution is 5.82. The van der Waals surface area contributed by atoms with E-state index in [1.165, 1.54) is 5.56 Å². The fraction of sp³-hybridized carbons (Fsp3) is 0.533. The smallest absolute Gasteiger partial charge is 0.237 e. The van der Waals surface area contributed by atoms with Crippen molar-refractivity contribution < 1.29 is 9.53 Å². The Kier molecular flexibility index (Phi) is 4.56. The number of carbonyl (C=O) groups is 1. The van der Waals surface area contributed by atoms with Crippen LogP contribution in [-0.4, -0.2) is 31.7 Å². The van der Waals surface area contributed by atoms with Gasteiger partial charge >= 0.3 is 0 Å². The van der Waals surface area contributed by atoms with E-state index in [0.717, 1.165) is 18.5 Å². The van der Waals surface area contributed by atoms with Gasteiger partial charge in [-0.25, -0.2) is 0 Å². The van der Waals surface area contributed by atoms with Gasteiger partial charge in [0, 0.05) is 13.7 Å². The first-order chi connectivity index (χ1) is 9.10. The first kappa shape index (κ1) is 14.0. The maximum absolute atomic E-state index is 12.1. The van der Waals surface area contributed by atoms with Gasteiger partial charge in [-0.2, -0.15) is 0 Å². The van der Waals surface area contributed by atoms with Crippen molar-refractivity contribution >= 4 is 5.91 Å². The van der Waals surface area contributed by atoms with E-state index < -0.39 is 0 Å². The number of amides is 1. The predicted molar refractivity (Wildman–Crippen MR) is 74.9 cm³/mol. The van der Waals surface area contributed by atoms with E-state index >= 15 is 0 Å². The summed E-state index contributed by atoms with van der Waals surface area (Å²) in [6, 6.07) is 8.12. The highest BCUT2D eigenvalue weighted by Crippen LogP contribution is 2.15. The Morgan fingerprint density at radius 2 is 2.11 bits per heavy atom. The second-order valence-electron chi connectivity index (χ2n) is 5.20. The third-order valence-electron chi connectivity index (χ3n) is 3.68. The van der Waals surface area contributed by atoms with Crippen LogP contribution in [0.5, 0.6) is 0 Å². The summed E-state index contributed by atoms with van der Waals surface area (Å²) in [5.41, 5.74) is 2.35. The second kappa shape index (κ2) is 6.17. The molecule has 0 spiro atoms. The first-order valence-corrected chi connectivity index (χ1v) is 6.73. The lowest BCUT2D eigenvalue weighted by molar-refractivity contribution is -0.123. The Morgan fingerprint density at radius 1 is 1.42 bits per heavy atom. The minimum absolute atomic E-state index is 0.0245. The molecule has 104 valence electrons. The summed E-state index contributed by atoms with van der Waals surface area (Å²) in [5, 5.41) is 6.23. The van der Waals surface area contributed by atoms with Crippen LogP contribution in [0, 0.1) is 6.92 Å². The molecule has 19 heavy (non-hydrogen) atoms. The van der Waals surface area contributed by atoms with Gasteiger partial charge in [-0.3, -0.25) is 4.79 Å². The number of nitrogens with one attached hydrogen (secondary N) is 2. The van der Waals surface area contributed by atoms with E-state index in [2.05, 4.69) is 41.8 Å². The maximum Gasteiger partial charge on any atom is 0.237 e. The van der Waals surface area contributed by atoms with Crippen molar-refractivity contribution in [3.63, 3.8) is 0 Å². The van der Waals surface area contributed by atoms with Crippen molar-refractivity contribution in [2.75, 3.05) is 13.7 Å². The molecule has 4 nitrogen and oxygen atoms in total. The zero-order valence-electron chi connectivity index (χ0n) is 11.8. The number of hydrogen-bond donors (Lipinski definition) is 2. The zero-order valence-corrected chi connectivity index (χ0v) is 11.8. The van der Waals surface area contributed by atoms with E-state index in [-0.39, 0.29) is 24.1 Å². The normalized spacial score (nSPS) is 24.2. The molecule has 2 unspecified atom stereocenters. The molecule has 1 aliphatic rings. The average molecular weight is 262 g/mol. The molecule has 1 aliphatic heterocycles. The van der Waals surface area contributed by atoms with E-state index in [1.54, 1.807) is 7.11 Å². The minimum atomic E-state index is -0.141. The monoisotopic (exact) mass is 262 g/mol. The topological polar surface area (TPSA) is 50.4 Å². The van der Waals surface area contributed by atoms with Gasteiger partial charge in [-0.1, -0.05) is 29.8 Å². The average Bonchev–Trinajstić information content (AvgIpc) is 2.88. The number of aryl methyl sites for hydroxylation is 1. The quantitative estimate of drug-likeness (QED) is 0.865. The van der Waals surface area contributed by atoms with Gasteiger partial charge in [0.1, 0.15) is 0 Å². The fourth-order valence-corrected chi connectivity index (χ4v) is 2.33. The summed E-state index contributed by atoms with van der Waals surface area (Å²) in [7, 11) is 1.68. The Bertz CT molecular complexity index is 430. The maximum atomic E-state index is 12.1. The Balaban J connectivity index is 1.90. The number of hydrogen-bond acceptors (Lipinski definition) is 3. The molecule has 0 bridgehead atoms. The zero-order chi connectivity index (χ0) is 13.8. The number of methoxy groups -OCH3 is 1. The first-order valence-electron chi connectivity index (χ1n) is 6.73. The molecular formula is C15H22N2O2. The van der Waals surface area contributed by atoms with E-state index in [0.29, 0.717) is 0 Å². The fourth-order valence-electron chi connectivity index (χ4n) is 2.33. The molecule has 3 atom stereocenters. The summed E-state index contributed by atoms with van der Waals surface area (Å²) >= 11 is 0. The molecule has 0 aliphatic carbocycles. The predicted octanol–water partition coefficient (Wildman–Crippen LogP) is 1.55. The Morgan fingerprint density at radius 3 is 2.68 bits per heavy atom. The molecule has 1 fully saturated rings. The minimum Gasteiger partial charge on any atom is -0.380 e. The van der Waals surface area contributed by atoms with Crippen molar-refractivity contribution in [2.24, 2.45) is 0 Å². The molecule has 0 radical (unpaired) electrons. The second-order valence-corrected chi connectivity index (χ2v) is 5.20. The molecule has 4 heteroatoms. The van der Waals surface area contributed by atoms with Crippen LogP contribution in [0.1, 0.15) is 30.5 Å². The highest BCUT2D eigenvalue weighted by Gasteiger charge is 2.29. The van der Waals surface area contributed by atoms with Crippen LogP contribution >= 0.6 is 0 Å². The summed E-state index contributed by atoms with van der Waals surface area (Å²) < 4.78 is 5.25. The molecule has 2 N–H and O–H groups in total. The van der Waals surface area contributed by atoms with Crippen molar-refractivity contribution in [2.45, 2.75) is 38.5 Å². The SMILES string of the molecule is COC1CNC(C(=O)N[C@@H](C)c2ccc(C)cc2)C1. The molecule has 1 saturated heterocycles. The highest BCUT2D eigenvalue weighted by atomic mass is 16.5. The number of benzene rings is 1. The third-order valence-corrected chi connectivity index (χ3v) is 3.68. The number of ether oxygens (including phenoxy) is 1. The van der Waals surface area contributed by atoms with Crippen LogP contribution in [0.2, 0.25) is 0 Å². The van der Waals surface area contributed by atoms with Crippen LogP contribution in [0.3, 0.4) is 0 Å². The molecule has 1 aromatic carbocycles. The largest absolute Gasteiger partial charge is 0.380 e. The van der Waals surface area contributed by atoms with E-state index in [4.69, 9.17) is 4.74 Å². The van der Waals surface area contributed by atoms with Crippen LogP contribution < -0.4 is 10.6 Å². The summed E-state index contributed by atoms with van der Waals surface area (Å²) in [6.45, 7) is 4.80. The molecule has 0 aromatic heterocycles. The van der Waals surface area contributed by atoms with Gasteiger partial charge in [0.2, 0.25) is 5.91 Å². The lowest BCUT2D eigenvalue weighted by Gasteiger charge is -2.17. The van der Waals surface area contributed by atoms with Crippen LogP contribution in [0.4, 0.5) is 0 Å². The molecule has 1 amide bonds. The molecular weight excluding hydrogens is 240 g/mol. The van der Waals surface area contributed by atoms with Crippen LogP contribution in [-0.2, 0) is 9.53 Å². The van der Waals surface area contributed by atoms with Gasteiger partial charge in [-0.15, -0.1) is 0 Å². The molecule has 0 saturated carbocycles. The van der Waals surface area contributed by atoms with Crippen molar-refractivity contribution in [3.05, 3.63) is 35.4 Å². The van der Waals surface area contributed by atoms with E-state index in [1.807, 2.05) is 6.92 Å². The molecule has 1 heterocycles. The Hall–Kier alpha value is -1.39. The Labute approximate surface area is 114 Å². The number of rotatable bonds is 4. The van der Waals surface area contributed by atoms with E-state index in [9.17, 15) is 4.79 Å². The van der Waals surface area contributed by atoms with Gasteiger partial charge in [0.15, 0.2) is 0 Å². The molecule has 2 rings (SSSR count). The third kappa shape index (κ3) is 3.55. The lowest BCUT2D eigenvalue weighted by atomic mass is 10.1. The molecule has 1 aromatic rings. The van der Waals surface area contributed by atoms with Gasteiger partial charge in [0.05, 0.1) is 18.2 Å². The summed E-state index contributed by atoms with van der Waals surface area (Å²) in [4.78, 5) is 12.1. The van der Waals surface area contributed by atoms with Gasteiger partial charge in [-0.05, 0) is 25.8 Å². The van der Waals surface area contributed by atoms with Crippen molar-refractivity contribution in [1.82, 2.24) is 10.6 Å². The van der Waals surface area contributed by atoms with Crippen molar-refractivity contribution in [1.29, 1.82) is 0 Å². The van der Waals surface area contributed by atoms with Gasteiger partial charge < -0.3 is 15.4 Å². The number of carbonyl (C=O) groups excluding carboxylic acids is 1. The van der Waals surface area contributed by atoms with Crippen molar-refractivity contribution in [3.8, 4) is 0 Å². The van der Waals surface area contributed by atoms with Crippen LogP contribution in [0.15, 0.2) is 24.3 Å². The summed E-state index contributed by atoms with van der Waals surface area (Å²) in [6.07, 6.45) is 0.883. The van der Waals surface area contributed by atoms with Gasteiger partial charge in [0.25, 0.3) is 0 Å². The summed E-state index contributed by atoms with van der Waals surface area (Å²) in [5.74, 6) is 0.0487. The standard InChI is InChI=1S/C15H22N2O2/c1-10-4-6-12(7-5-10)11(2)17-15(18)14-8-13(19-3)9-16-14/h4-7,11,13-14,16H,8-9H2,1-3H3,(H,17,18)/t11-,13?,14?/m0/s1. The van der Waals surface area contributed by atoms with Crippen LogP contribution in [0.25, 0.3) is 0 Å². The lowest BCUT2D eigenvalue weighted by Crippen LogP contribution is -2.41.